The minimum atomic E-state index is 0.333. The summed E-state index contributed by atoms with van der Waals surface area (Å²) in [6.45, 7) is 1.91. The number of anilines is 2. The smallest absolute Gasteiger partial charge is 0.222 e. The lowest BCUT2D eigenvalue weighted by molar-refractivity contribution is 0.616. The molecular formula is C15H20N6. The molecule has 0 unspecified atom stereocenters. The van der Waals surface area contributed by atoms with Gasteiger partial charge in [-0.3, -0.25) is 4.98 Å². The van der Waals surface area contributed by atoms with E-state index in [4.69, 9.17) is 5.73 Å². The van der Waals surface area contributed by atoms with Crippen LogP contribution in [0.15, 0.2) is 12.3 Å². The number of aromatic nitrogens is 3. The Morgan fingerprint density at radius 1 is 1.29 bits per heavy atom. The van der Waals surface area contributed by atoms with Crippen molar-refractivity contribution in [1.29, 1.82) is 0 Å². The molecule has 1 aliphatic heterocycles. The summed E-state index contributed by atoms with van der Waals surface area (Å²) in [6.07, 6.45) is 5.61. The van der Waals surface area contributed by atoms with Crippen molar-refractivity contribution in [3.63, 3.8) is 0 Å². The van der Waals surface area contributed by atoms with E-state index in [2.05, 4.69) is 31.2 Å². The van der Waals surface area contributed by atoms with E-state index in [-0.39, 0.29) is 0 Å². The molecule has 6 nitrogen and oxygen atoms in total. The van der Waals surface area contributed by atoms with Crippen molar-refractivity contribution in [2.45, 2.75) is 31.2 Å². The van der Waals surface area contributed by atoms with Gasteiger partial charge in [-0.15, -0.1) is 0 Å². The van der Waals surface area contributed by atoms with E-state index < -0.39 is 0 Å². The molecule has 3 heterocycles. The van der Waals surface area contributed by atoms with Crippen LogP contribution in [0, 0.1) is 0 Å². The van der Waals surface area contributed by atoms with Crippen LogP contribution in [0.1, 0.15) is 30.7 Å². The number of likely N-dealkylation sites (N-methyl/N-ethyl adjacent to an activating group) is 1. The lowest BCUT2D eigenvalue weighted by Gasteiger charge is -2.19. The van der Waals surface area contributed by atoms with Crippen molar-refractivity contribution in [3.8, 4) is 0 Å². The van der Waals surface area contributed by atoms with Crippen LogP contribution < -0.4 is 16.0 Å². The highest BCUT2D eigenvalue weighted by molar-refractivity contribution is 5.87. The summed E-state index contributed by atoms with van der Waals surface area (Å²) in [5.74, 6) is 1.87. The largest absolute Gasteiger partial charge is 0.368 e. The van der Waals surface area contributed by atoms with Crippen LogP contribution in [0.4, 0.5) is 11.8 Å². The molecule has 1 aliphatic carbocycles. The molecule has 1 saturated heterocycles. The van der Waals surface area contributed by atoms with Crippen LogP contribution in [-0.4, -0.2) is 41.1 Å². The molecule has 2 aromatic rings. The summed E-state index contributed by atoms with van der Waals surface area (Å²) in [5, 5.41) is 3.32. The molecule has 0 aromatic carbocycles. The maximum atomic E-state index is 5.91. The van der Waals surface area contributed by atoms with Crippen molar-refractivity contribution in [3.05, 3.63) is 17.8 Å². The molecule has 2 aliphatic rings. The van der Waals surface area contributed by atoms with E-state index in [1.165, 1.54) is 18.4 Å². The van der Waals surface area contributed by atoms with Crippen molar-refractivity contribution in [2.24, 2.45) is 0 Å². The Bertz CT molecular complexity index is 681. The average Bonchev–Trinajstić information content (AvgIpc) is 3.23. The molecule has 0 amide bonds. The predicted octanol–water partition coefficient (Wildman–Crippen LogP) is 1.28. The zero-order valence-electron chi connectivity index (χ0n) is 12.2. The van der Waals surface area contributed by atoms with Gasteiger partial charge in [0.15, 0.2) is 5.82 Å². The summed E-state index contributed by atoms with van der Waals surface area (Å²) in [6, 6.07) is 2.63. The van der Waals surface area contributed by atoms with Gasteiger partial charge < -0.3 is 16.0 Å². The van der Waals surface area contributed by atoms with E-state index in [0.717, 1.165) is 36.4 Å². The molecular weight excluding hydrogens is 264 g/mol. The second-order valence-corrected chi connectivity index (χ2v) is 6.04. The third kappa shape index (κ3) is 2.29. The first-order chi connectivity index (χ1) is 10.2. The first-order valence-corrected chi connectivity index (χ1v) is 7.60. The number of hydrogen-bond donors (Lipinski definition) is 2. The van der Waals surface area contributed by atoms with E-state index in [1.54, 1.807) is 0 Å². The SMILES string of the molecule is CN[C@@H]1CCN(c2nc(N)nc3cc(C4CC4)cnc23)C1. The molecule has 1 saturated carbocycles. The third-order valence-electron chi connectivity index (χ3n) is 4.50. The predicted molar refractivity (Wildman–Crippen MR) is 83.4 cm³/mol. The summed E-state index contributed by atoms with van der Waals surface area (Å²) in [5.41, 5.74) is 8.92. The summed E-state index contributed by atoms with van der Waals surface area (Å²) in [7, 11) is 2.00. The first kappa shape index (κ1) is 12.8. The molecule has 0 bridgehead atoms. The van der Waals surface area contributed by atoms with Crippen molar-refractivity contribution < 1.29 is 0 Å². The Balaban J connectivity index is 1.77. The molecule has 2 fully saturated rings. The number of fused-ring (bicyclic) bond motifs is 1. The van der Waals surface area contributed by atoms with Crippen molar-refractivity contribution in [2.75, 3.05) is 30.8 Å². The molecule has 0 spiro atoms. The number of rotatable bonds is 3. The van der Waals surface area contributed by atoms with Crippen LogP contribution in [0.3, 0.4) is 0 Å². The number of nitrogens with zero attached hydrogens (tertiary/aromatic N) is 4. The molecule has 6 heteroatoms. The number of nitrogens with one attached hydrogen (secondary N) is 1. The number of nitrogen functional groups attached to an aromatic ring is 1. The van der Waals surface area contributed by atoms with Gasteiger partial charge in [-0.25, -0.2) is 4.98 Å². The number of hydrogen-bond acceptors (Lipinski definition) is 6. The lowest BCUT2D eigenvalue weighted by Crippen LogP contribution is -2.30. The number of pyridine rings is 1. The van der Waals surface area contributed by atoms with Crippen molar-refractivity contribution >= 4 is 22.8 Å². The minimum Gasteiger partial charge on any atom is -0.368 e. The molecule has 2 aromatic heterocycles. The van der Waals surface area contributed by atoms with Gasteiger partial charge in [-0.2, -0.15) is 4.98 Å². The van der Waals surface area contributed by atoms with Gasteiger partial charge in [-0.1, -0.05) is 0 Å². The highest BCUT2D eigenvalue weighted by Crippen LogP contribution is 2.40. The van der Waals surface area contributed by atoms with Gasteiger partial charge in [-0.05, 0) is 43.9 Å². The Morgan fingerprint density at radius 2 is 2.14 bits per heavy atom. The van der Waals surface area contributed by atoms with Crippen LogP contribution in [0.25, 0.3) is 11.0 Å². The van der Waals surface area contributed by atoms with Gasteiger partial charge in [0, 0.05) is 25.3 Å². The lowest BCUT2D eigenvalue weighted by atomic mass is 10.1. The third-order valence-corrected chi connectivity index (χ3v) is 4.50. The van der Waals surface area contributed by atoms with Crippen LogP contribution in [0.5, 0.6) is 0 Å². The quantitative estimate of drug-likeness (QED) is 0.884. The fourth-order valence-electron chi connectivity index (χ4n) is 3.08. The average molecular weight is 284 g/mol. The fourth-order valence-corrected chi connectivity index (χ4v) is 3.08. The zero-order chi connectivity index (χ0) is 14.4. The van der Waals surface area contributed by atoms with Crippen LogP contribution in [-0.2, 0) is 0 Å². The van der Waals surface area contributed by atoms with Gasteiger partial charge in [0.2, 0.25) is 5.95 Å². The topological polar surface area (TPSA) is 80.0 Å². The van der Waals surface area contributed by atoms with E-state index in [0.29, 0.717) is 17.9 Å². The van der Waals surface area contributed by atoms with Gasteiger partial charge in [0.05, 0.1) is 5.52 Å². The minimum absolute atomic E-state index is 0.333. The maximum Gasteiger partial charge on any atom is 0.222 e. The van der Waals surface area contributed by atoms with Gasteiger partial charge in [0.25, 0.3) is 0 Å². The van der Waals surface area contributed by atoms with Crippen LogP contribution >= 0.6 is 0 Å². The second-order valence-electron chi connectivity index (χ2n) is 6.04. The van der Waals surface area contributed by atoms with E-state index >= 15 is 0 Å². The monoisotopic (exact) mass is 284 g/mol. The molecule has 3 N–H and O–H groups in total. The standard InChI is InChI=1S/C15H20N6/c1-17-11-4-5-21(8-11)14-13-12(19-15(16)20-14)6-10(7-18-13)9-2-3-9/h6-7,9,11,17H,2-5,8H2,1H3,(H2,16,19,20)/t11-/m1/s1. The summed E-state index contributed by atoms with van der Waals surface area (Å²) in [4.78, 5) is 15.7. The molecule has 4 rings (SSSR count). The second kappa shape index (κ2) is 4.80. The number of nitrogens with two attached hydrogens (primary N) is 1. The highest BCUT2D eigenvalue weighted by atomic mass is 15.3. The zero-order valence-corrected chi connectivity index (χ0v) is 12.2. The van der Waals surface area contributed by atoms with E-state index in [1.807, 2.05) is 13.2 Å². The van der Waals surface area contributed by atoms with E-state index in [9.17, 15) is 0 Å². The molecule has 110 valence electrons. The molecule has 1 atom stereocenters. The normalized spacial score (nSPS) is 22.1. The molecule has 21 heavy (non-hydrogen) atoms. The Kier molecular flexibility index (Phi) is 2.92. The first-order valence-electron chi connectivity index (χ1n) is 7.60. The van der Waals surface area contributed by atoms with Gasteiger partial charge >= 0.3 is 0 Å². The maximum absolute atomic E-state index is 5.91. The summed E-state index contributed by atoms with van der Waals surface area (Å²) >= 11 is 0. The highest BCUT2D eigenvalue weighted by Gasteiger charge is 2.27. The summed E-state index contributed by atoms with van der Waals surface area (Å²) < 4.78 is 0. The Labute approximate surface area is 123 Å². The fraction of sp³-hybridized carbons (Fsp3) is 0.533. The molecule has 0 radical (unpaired) electrons. The van der Waals surface area contributed by atoms with Crippen molar-refractivity contribution in [1.82, 2.24) is 20.3 Å². The Hall–Kier alpha value is -1.95. The Morgan fingerprint density at radius 3 is 2.86 bits per heavy atom. The van der Waals surface area contributed by atoms with Gasteiger partial charge in [0.1, 0.15) is 5.52 Å². The van der Waals surface area contributed by atoms with Crippen LogP contribution in [0.2, 0.25) is 0 Å².